The van der Waals surface area contributed by atoms with Gasteiger partial charge in [0.25, 0.3) is 0 Å². The summed E-state index contributed by atoms with van der Waals surface area (Å²) in [5.41, 5.74) is 2.16. The summed E-state index contributed by atoms with van der Waals surface area (Å²) in [5, 5.41) is 5.96. The van der Waals surface area contributed by atoms with Crippen molar-refractivity contribution in [2.24, 2.45) is 5.41 Å². The summed E-state index contributed by atoms with van der Waals surface area (Å²) in [6, 6.07) is 13.0. The Kier molecular flexibility index (Phi) is 7.05. The molecule has 1 saturated heterocycles. The minimum absolute atomic E-state index is 0.0321. The van der Waals surface area contributed by atoms with Gasteiger partial charge in [-0.1, -0.05) is 24.3 Å². The van der Waals surface area contributed by atoms with Crippen LogP contribution in [0.4, 0.5) is 10.5 Å². The number of rotatable bonds is 6. The van der Waals surface area contributed by atoms with Gasteiger partial charge in [0.2, 0.25) is 5.91 Å². The highest BCUT2D eigenvalue weighted by Gasteiger charge is 2.39. The Balaban J connectivity index is 1.64. The van der Waals surface area contributed by atoms with Crippen LogP contribution < -0.4 is 20.1 Å². The zero-order valence-electron chi connectivity index (χ0n) is 18.7. The molecule has 2 aromatic carbocycles. The molecule has 7 nitrogen and oxygen atoms in total. The van der Waals surface area contributed by atoms with E-state index in [1.165, 1.54) is 0 Å². The van der Waals surface area contributed by atoms with Crippen LogP contribution in [0.3, 0.4) is 0 Å². The second kappa shape index (κ2) is 9.73. The van der Waals surface area contributed by atoms with Gasteiger partial charge in [-0.15, -0.1) is 0 Å². The second-order valence-corrected chi connectivity index (χ2v) is 8.19. The van der Waals surface area contributed by atoms with Crippen molar-refractivity contribution < 1.29 is 19.1 Å². The van der Waals surface area contributed by atoms with Gasteiger partial charge < -0.3 is 25.0 Å². The minimum atomic E-state index is -0.637. The average molecular weight is 426 g/mol. The zero-order valence-corrected chi connectivity index (χ0v) is 18.7. The molecule has 0 radical (unpaired) electrons. The van der Waals surface area contributed by atoms with Crippen LogP contribution in [0.5, 0.6) is 11.5 Å². The van der Waals surface area contributed by atoms with Gasteiger partial charge in [-0.3, -0.25) is 4.79 Å². The minimum Gasteiger partial charge on any atom is -0.497 e. The van der Waals surface area contributed by atoms with E-state index in [9.17, 15) is 9.59 Å². The quantitative estimate of drug-likeness (QED) is 0.734. The Morgan fingerprint density at radius 3 is 2.61 bits per heavy atom. The predicted octanol–water partition coefficient (Wildman–Crippen LogP) is 3.96. The van der Waals surface area contributed by atoms with Crippen molar-refractivity contribution >= 4 is 17.6 Å². The number of piperidine rings is 1. The van der Waals surface area contributed by atoms with E-state index >= 15 is 0 Å². The molecule has 1 aliphatic rings. The van der Waals surface area contributed by atoms with Crippen LogP contribution in [0.25, 0.3) is 0 Å². The molecule has 1 unspecified atom stereocenters. The molecular formula is C24H31N3O4. The molecule has 0 bridgehead atoms. The SMILES string of the molecule is COc1ccc(NC(=O)N2CCCC(C)(C(=O)NCc3ccccc3C)C2)c(OC)c1. The number of hydrogen-bond acceptors (Lipinski definition) is 4. The number of benzene rings is 2. The molecule has 7 heteroatoms. The number of anilines is 1. The molecule has 0 spiro atoms. The van der Waals surface area contributed by atoms with Crippen molar-refractivity contribution in [3.63, 3.8) is 0 Å². The molecule has 1 aliphatic heterocycles. The van der Waals surface area contributed by atoms with Crippen molar-refractivity contribution in [3.8, 4) is 11.5 Å². The summed E-state index contributed by atoms with van der Waals surface area (Å²) >= 11 is 0. The summed E-state index contributed by atoms with van der Waals surface area (Å²) < 4.78 is 10.6. The lowest BCUT2D eigenvalue weighted by molar-refractivity contribution is -0.132. The maximum Gasteiger partial charge on any atom is 0.321 e. The fraction of sp³-hybridized carbons (Fsp3) is 0.417. The van der Waals surface area contributed by atoms with E-state index < -0.39 is 5.41 Å². The summed E-state index contributed by atoms with van der Waals surface area (Å²) in [6.07, 6.45) is 1.50. The molecule has 0 saturated carbocycles. The Morgan fingerprint density at radius 2 is 1.90 bits per heavy atom. The van der Waals surface area contributed by atoms with Crippen molar-refractivity contribution in [1.82, 2.24) is 10.2 Å². The van der Waals surface area contributed by atoms with Crippen molar-refractivity contribution in [1.29, 1.82) is 0 Å². The standard InChI is InChI=1S/C24H31N3O4/c1-17-8-5-6-9-18(17)15-25-22(28)24(2)12-7-13-27(16-24)23(29)26-20-11-10-19(30-3)14-21(20)31-4/h5-6,8-11,14H,7,12-13,15-16H2,1-4H3,(H,25,28)(H,26,29). The number of aryl methyl sites for hydroxylation is 1. The first-order valence-corrected chi connectivity index (χ1v) is 10.5. The largest absolute Gasteiger partial charge is 0.497 e. The van der Waals surface area contributed by atoms with Gasteiger partial charge in [0.05, 0.1) is 25.3 Å². The van der Waals surface area contributed by atoms with Gasteiger partial charge in [0, 0.05) is 25.7 Å². The predicted molar refractivity (Wildman–Crippen MR) is 121 cm³/mol. The Morgan fingerprint density at radius 1 is 1.13 bits per heavy atom. The van der Waals surface area contributed by atoms with E-state index in [1.54, 1.807) is 37.3 Å². The zero-order chi connectivity index (χ0) is 22.4. The number of hydrogen-bond donors (Lipinski definition) is 2. The molecule has 0 aliphatic carbocycles. The van der Waals surface area contributed by atoms with E-state index in [4.69, 9.17) is 9.47 Å². The molecule has 1 heterocycles. The first kappa shape index (κ1) is 22.5. The summed E-state index contributed by atoms with van der Waals surface area (Å²) in [7, 11) is 3.12. The lowest BCUT2D eigenvalue weighted by Crippen LogP contribution is -2.52. The number of ether oxygens (including phenoxy) is 2. The van der Waals surface area contributed by atoms with Crippen LogP contribution in [0, 0.1) is 12.3 Å². The maximum atomic E-state index is 13.0. The molecule has 31 heavy (non-hydrogen) atoms. The van der Waals surface area contributed by atoms with Gasteiger partial charge in [0.1, 0.15) is 11.5 Å². The molecule has 1 atom stereocenters. The number of nitrogens with zero attached hydrogens (tertiary/aromatic N) is 1. The molecular weight excluding hydrogens is 394 g/mol. The lowest BCUT2D eigenvalue weighted by Gasteiger charge is -2.39. The average Bonchev–Trinajstić information content (AvgIpc) is 2.78. The fourth-order valence-corrected chi connectivity index (χ4v) is 3.89. The number of nitrogens with one attached hydrogen (secondary N) is 2. The topological polar surface area (TPSA) is 79.9 Å². The van der Waals surface area contributed by atoms with Crippen molar-refractivity contribution in [2.75, 3.05) is 32.6 Å². The van der Waals surface area contributed by atoms with Crippen LogP contribution >= 0.6 is 0 Å². The Labute approximate surface area is 183 Å². The number of carbonyl (C=O) groups is 2. The molecule has 2 aromatic rings. The Bertz CT molecular complexity index is 946. The number of amides is 3. The first-order valence-electron chi connectivity index (χ1n) is 10.5. The molecule has 166 valence electrons. The van der Waals surface area contributed by atoms with Crippen molar-refractivity contribution in [2.45, 2.75) is 33.2 Å². The summed E-state index contributed by atoms with van der Waals surface area (Å²) in [6.45, 7) is 5.40. The molecule has 3 rings (SSSR count). The van der Waals surface area contributed by atoms with Crippen LogP contribution in [0.1, 0.15) is 30.9 Å². The molecule has 1 fully saturated rings. The third-order valence-electron chi connectivity index (χ3n) is 5.88. The highest BCUT2D eigenvalue weighted by molar-refractivity contribution is 5.92. The number of methoxy groups -OCH3 is 2. The highest BCUT2D eigenvalue weighted by atomic mass is 16.5. The van der Waals surface area contributed by atoms with Gasteiger partial charge >= 0.3 is 6.03 Å². The van der Waals surface area contributed by atoms with Gasteiger partial charge in [-0.25, -0.2) is 4.79 Å². The Hall–Kier alpha value is -3.22. The van der Waals surface area contributed by atoms with Crippen LogP contribution in [0.2, 0.25) is 0 Å². The van der Waals surface area contributed by atoms with E-state index in [1.807, 2.05) is 38.1 Å². The van der Waals surface area contributed by atoms with Crippen LogP contribution in [-0.4, -0.2) is 44.1 Å². The van der Waals surface area contributed by atoms with Crippen LogP contribution in [-0.2, 0) is 11.3 Å². The van der Waals surface area contributed by atoms with E-state index in [0.29, 0.717) is 36.8 Å². The normalized spacial score (nSPS) is 18.3. The van der Waals surface area contributed by atoms with Gasteiger partial charge in [-0.05, 0) is 49.9 Å². The van der Waals surface area contributed by atoms with E-state index in [0.717, 1.165) is 24.0 Å². The maximum absolute atomic E-state index is 13.0. The smallest absolute Gasteiger partial charge is 0.321 e. The van der Waals surface area contributed by atoms with Crippen molar-refractivity contribution in [3.05, 3.63) is 53.6 Å². The molecule has 2 N–H and O–H groups in total. The van der Waals surface area contributed by atoms with Crippen LogP contribution in [0.15, 0.2) is 42.5 Å². The molecule has 0 aromatic heterocycles. The number of likely N-dealkylation sites (tertiary alicyclic amines) is 1. The summed E-state index contributed by atoms with van der Waals surface area (Å²) in [5.74, 6) is 1.13. The number of carbonyl (C=O) groups excluding carboxylic acids is 2. The van der Waals surface area contributed by atoms with Gasteiger partial charge in [0.15, 0.2) is 0 Å². The van der Waals surface area contributed by atoms with Gasteiger partial charge in [-0.2, -0.15) is 0 Å². The van der Waals surface area contributed by atoms with E-state index in [2.05, 4.69) is 10.6 Å². The second-order valence-electron chi connectivity index (χ2n) is 8.19. The highest BCUT2D eigenvalue weighted by Crippen LogP contribution is 2.32. The lowest BCUT2D eigenvalue weighted by atomic mass is 9.81. The third-order valence-corrected chi connectivity index (χ3v) is 5.88. The number of urea groups is 1. The monoisotopic (exact) mass is 425 g/mol. The molecule has 3 amide bonds. The first-order chi connectivity index (χ1) is 14.9. The third kappa shape index (κ3) is 5.29. The fourth-order valence-electron chi connectivity index (χ4n) is 3.89. The summed E-state index contributed by atoms with van der Waals surface area (Å²) in [4.78, 5) is 27.6. The van der Waals surface area contributed by atoms with E-state index in [-0.39, 0.29) is 11.9 Å².